The zero-order valence-corrected chi connectivity index (χ0v) is 11.4. The van der Waals surface area contributed by atoms with Crippen molar-refractivity contribution in [2.24, 2.45) is 0 Å². The molecule has 0 saturated carbocycles. The molecule has 0 bridgehead atoms. The monoisotopic (exact) mass is 278 g/mol. The Morgan fingerprint density at radius 2 is 1.90 bits per heavy atom. The second-order valence-corrected chi connectivity index (χ2v) is 4.92. The third kappa shape index (κ3) is 3.14. The molecule has 0 aliphatic heterocycles. The zero-order chi connectivity index (χ0) is 14.8. The summed E-state index contributed by atoms with van der Waals surface area (Å²) in [5, 5.41) is 10.5. The van der Waals surface area contributed by atoms with Crippen molar-refractivity contribution in [2.45, 2.75) is 18.9 Å². The third-order valence-electron chi connectivity index (χ3n) is 3.24. The molecular formula is C16H16F2O2. The molecule has 0 aliphatic carbocycles. The van der Waals surface area contributed by atoms with Crippen LogP contribution in [0.15, 0.2) is 42.5 Å². The van der Waals surface area contributed by atoms with Crippen LogP contribution in [0.5, 0.6) is 5.75 Å². The van der Waals surface area contributed by atoms with Crippen molar-refractivity contribution in [2.75, 3.05) is 7.11 Å². The van der Waals surface area contributed by atoms with Gasteiger partial charge in [0.15, 0.2) is 0 Å². The van der Waals surface area contributed by atoms with Crippen LogP contribution in [0.4, 0.5) is 8.78 Å². The van der Waals surface area contributed by atoms with Gasteiger partial charge >= 0.3 is 0 Å². The predicted molar refractivity (Wildman–Crippen MR) is 72.6 cm³/mol. The highest BCUT2D eigenvalue weighted by molar-refractivity contribution is 5.33. The van der Waals surface area contributed by atoms with E-state index >= 15 is 0 Å². The van der Waals surface area contributed by atoms with Crippen LogP contribution in [0.25, 0.3) is 0 Å². The summed E-state index contributed by atoms with van der Waals surface area (Å²) in [5.74, 6) is -0.678. The highest BCUT2D eigenvalue weighted by Crippen LogP contribution is 2.28. The first kappa shape index (κ1) is 14.5. The fourth-order valence-electron chi connectivity index (χ4n) is 2.10. The minimum atomic E-state index is -1.27. The van der Waals surface area contributed by atoms with E-state index in [9.17, 15) is 13.9 Å². The Hall–Kier alpha value is -1.94. The topological polar surface area (TPSA) is 29.5 Å². The quantitative estimate of drug-likeness (QED) is 0.928. The number of halogens is 2. The summed E-state index contributed by atoms with van der Waals surface area (Å²) in [6.45, 7) is 1.59. The Morgan fingerprint density at radius 3 is 2.55 bits per heavy atom. The lowest BCUT2D eigenvalue weighted by atomic mass is 9.89. The van der Waals surface area contributed by atoms with Gasteiger partial charge in [0.25, 0.3) is 0 Å². The summed E-state index contributed by atoms with van der Waals surface area (Å²) in [7, 11) is 1.54. The number of ether oxygens (including phenoxy) is 1. The van der Waals surface area contributed by atoms with Crippen molar-refractivity contribution in [3.8, 4) is 5.75 Å². The van der Waals surface area contributed by atoms with Crippen LogP contribution in [0.1, 0.15) is 18.1 Å². The molecule has 2 rings (SSSR count). The van der Waals surface area contributed by atoms with Gasteiger partial charge in [-0.3, -0.25) is 0 Å². The molecule has 0 spiro atoms. The Balaban J connectivity index is 2.29. The molecule has 20 heavy (non-hydrogen) atoms. The van der Waals surface area contributed by atoms with E-state index in [0.29, 0.717) is 11.3 Å². The summed E-state index contributed by atoms with van der Waals surface area (Å²) < 4.78 is 31.7. The second kappa shape index (κ2) is 5.59. The van der Waals surface area contributed by atoms with E-state index in [-0.39, 0.29) is 12.0 Å². The summed E-state index contributed by atoms with van der Waals surface area (Å²) in [4.78, 5) is 0. The van der Waals surface area contributed by atoms with Gasteiger partial charge in [-0.1, -0.05) is 18.2 Å². The Morgan fingerprint density at radius 1 is 1.15 bits per heavy atom. The predicted octanol–water partition coefficient (Wildman–Crippen LogP) is 3.42. The molecule has 0 amide bonds. The summed E-state index contributed by atoms with van der Waals surface area (Å²) >= 11 is 0. The average Bonchev–Trinajstić information content (AvgIpc) is 2.42. The van der Waals surface area contributed by atoms with Gasteiger partial charge < -0.3 is 9.84 Å². The molecule has 0 aliphatic rings. The minimum Gasteiger partial charge on any atom is -0.497 e. The van der Waals surface area contributed by atoms with E-state index in [1.165, 1.54) is 19.2 Å². The molecule has 2 nitrogen and oxygen atoms in total. The maximum absolute atomic E-state index is 13.7. The van der Waals surface area contributed by atoms with Crippen molar-refractivity contribution in [1.29, 1.82) is 0 Å². The average molecular weight is 278 g/mol. The van der Waals surface area contributed by atoms with Gasteiger partial charge in [-0.25, -0.2) is 8.78 Å². The van der Waals surface area contributed by atoms with Gasteiger partial charge in [-0.2, -0.15) is 0 Å². The van der Waals surface area contributed by atoms with E-state index in [4.69, 9.17) is 4.74 Å². The largest absolute Gasteiger partial charge is 0.497 e. The molecule has 106 valence electrons. The van der Waals surface area contributed by atoms with Crippen molar-refractivity contribution >= 4 is 0 Å². The van der Waals surface area contributed by atoms with Crippen LogP contribution in [-0.4, -0.2) is 12.2 Å². The van der Waals surface area contributed by atoms with Crippen molar-refractivity contribution in [3.63, 3.8) is 0 Å². The molecule has 0 aromatic heterocycles. The van der Waals surface area contributed by atoms with E-state index in [0.717, 1.165) is 6.07 Å². The number of hydrogen-bond acceptors (Lipinski definition) is 2. The molecule has 2 aromatic rings. The number of hydrogen-bond donors (Lipinski definition) is 1. The summed E-state index contributed by atoms with van der Waals surface area (Å²) in [6.07, 6.45) is 0.0479. The molecular weight excluding hydrogens is 262 g/mol. The van der Waals surface area contributed by atoms with E-state index in [1.54, 1.807) is 31.2 Å². The zero-order valence-electron chi connectivity index (χ0n) is 11.4. The molecule has 1 N–H and O–H groups in total. The lowest BCUT2D eigenvalue weighted by molar-refractivity contribution is 0.0564. The molecule has 2 aromatic carbocycles. The third-order valence-corrected chi connectivity index (χ3v) is 3.24. The van der Waals surface area contributed by atoms with Gasteiger partial charge in [0.1, 0.15) is 17.4 Å². The van der Waals surface area contributed by atoms with E-state index < -0.39 is 17.2 Å². The van der Waals surface area contributed by atoms with Crippen LogP contribution < -0.4 is 4.74 Å². The maximum atomic E-state index is 13.7. The fourth-order valence-corrected chi connectivity index (χ4v) is 2.10. The Kier molecular flexibility index (Phi) is 4.04. The van der Waals surface area contributed by atoms with Gasteiger partial charge in [0.2, 0.25) is 0 Å². The molecule has 1 atom stereocenters. The molecule has 0 saturated heterocycles. The number of rotatable bonds is 4. The minimum absolute atomic E-state index is 0.0479. The summed E-state index contributed by atoms with van der Waals surface area (Å²) in [5.41, 5.74) is -0.396. The normalized spacial score (nSPS) is 13.8. The van der Waals surface area contributed by atoms with Crippen molar-refractivity contribution in [3.05, 3.63) is 65.2 Å². The van der Waals surface area contributed by atoms with Crippen molar-refractivity contribution in [1.82, 2.24) is 0 Å². The van der Waals surface area contributed by atoms with Gasteiger partial charge in [-0.05, 0) is 36.2 Å². The first-order valence-corrected chi connectivity index (χ1v) is 6.23. The van der Waals surface area contributed by atoms with Crippen LogP contribution in [0.3, 0.4) is 0 Å². The molecule has 0 heterocycles. The molecule has 0 fully saturated rings. The highest BCUT2D eigenvalue weighted by Gasteiger charge is 2.25. The number of methoxy groups -OCH3 is 1. The van der Waals surface area contributed by atoms with Crippen molar-refractivity contribution < 1.29 is 18.6 Å². The fraction of sp³-hybridized carbons (Fsp3) is 0.250. The standard InChI is InChI=1S/C16H16F2O2/c1-16(19,12-4-3-5-14(8-12)20-2)10-11-6-7-13(17)9-15(11)18/h3-9,19H,10H2,1-2H3. The second-order valence-electron chi connectivity index (χ2n) is 4.92. The molecule has 0 radical (unpaired) electrons. The Labute approximate surface area is 116 Å². The molecule has 4 heteroatoms. The van der Waals surface area contributed by atoms with Crippen LogP contribution in [-0.2, 0) is 12.0 Å². The van der Waals surface area contributed by atoms with Crippen LogP contribution >= 0.6 is 0 Å². The number of aliphatic hydroxyl groups is 1. The molecule has 1 unspecified atom stereocenters. The summed E-state index contributed by atoms with van der Waals surface area (Å²) in [6, 6.07) is 10.3. The van der Waals surface area contributed by atoms with Gasteiger partial charge in [0.05, 0.1) is 12.7 Å². The smallest absolute Gasteiger partial charge is 0.129 e. The van der Waals surface area contributed by atoms with Crippen LogP contribution in [0, 0.1) is 11.6 Å². The lowest BCUT2D eigenvalue weighted by Crippen LogP contribution is -2.24. The Bertz CT molecular complexity index is 609. The van der Waals surface area contributed by atoms with E-state index in [1.807, 2.05) is 0 Å². The first-order chi connectivity index (χ1) is 9.42. The van der Waals surface area contributed by atoms with Gasteiger partial charge in [0, 0.05) is 12.5 Å². The van der Waals surface area contributed by atoms with Gasteiger partial charge in [-0.15, -0.1) is 0 Å². The SMILES string of the molecule is COc1cccc(C(C)(O)Cc2ccc(F)cc2F)c1. The van der Waals surface area contributed by atoms with Crippen LogP contribution in [0.2, 0.25) is 0 Å². The first-order valence-electron chi connectivity index (χ1n) is 6.23. The number of benzene rings is 2. The highest BCUT2D eigenvalue weighted by atomic mass is 19.1. The lowest BCUT2D eigenvalue weighted by Gasteiger charge is -2.24. The maximum Gasteiger partial charge on any atom is 0.129 e. The van der Waals surface area contributed by atoms with E-state index in [2.05, 4.69) is 0 Å².